The monoisotopic (exact) mass is 368 g/mol. The van der Waals surface area contributed by atoms with E-state index in [0.717, 1.165) is 28.6 Å². The Labute approximate surface area is 159 Å². The van der Waals surface area contributed by atoms with Crippen LogP contribution in [0.2, 0.25) is 0 Å². The van der Waals surface area contributed by atoms with Gasteiger partial charge in [-0.2, -0.15) is 4.98 Å². The number of hydrogen-bond donors (Lipinski definition) is 1. The molecule has 27 heavy (non-hydrogen) atoms. The molecule has 0 spiro atoms. The Balaban J connectivity index is 0.00000225. The molecule has 0 fully saturated rings. The van der Waals surface area contributed by atoms with Crippen molar-refractivity contribution in [1.82, 2.24) is 19.5 Å². The van der Waals surface area contributed by atoms with E-state index in [1.807, 2.05) is 42.9 Å². The van der Waals surface area contributed by atoms with Crippen molar-refractivity contribution < 1.29 is 10.9 Å². The number of rotatable bonds is 4. The van der Waals surface area contributed by atoms with E-state index in [4.69, 9.17) is 9.47 Å². The van der Waals surface area contributed by atoms with Crippen molar-refractivity contribution in [2.75, 3.05) is 31.0 Å². The van der Waals surface area contributed by atoms with Crippen LogP contribution in [0.5, 0.6) is 11.5 Å². The molecule has 0 saturated heterocycles. The van der Waals surface area contributed by atoms with Crippen LogP contribution in [0, 0.1) is 6.92 Å². The number of likely N-dealkylation sites (N-methyl/N-ethyl adjacent to an activating group) is 1. The first-order chi connectivity index (χ1) is 13.0. The smallest absolute Gasteiger partial charge is 0.229 e. The fourth-order valence-corrected chi connectivity index (χ4v) is 2.96. The topological polar surface area (TPSA) is 77.3 Å². The summed E-state index contributed by atoms with van der Waals surface area (Å²) in [4.78, 5) is 15.3. The standard InChI is InChI=1S/C19H22N6O2.H2/c1-12-9-25(11-21-12)15-6-5-14(7-16(15)26-4)22-19-20-8-17-18(23-19)24(3)13(2)10-27-17;/h5-9,11,13H,10H2,1-4H3,(H,20,22,23);1H. The summed E-state index contributed by atoms with van der Waals surface area (Å²) in [6.07, 6.45) is 5.42. The van der Waals surface area contributed by atoms with Crippen molar-refractivity contribution >= 4 is 17.5 Å². The summed E-state index contributed by atoms with van der Waals surface area (Å²) in [5, 5.41) is 3.24. The van der Waals surface area contributed by atoms with Gasteiger partial charge in [-0.3, -0.25) is 0 Å². The lowest BCUT2D eigenvalue weighted by Crippen LogP contribution is -2.38. The minimum absolute atomic E-state index is 0. The van der Waals surface area contributed by atoms with Gasteiger partial charge in [-0.05, 0) is 26.0 Å². The van der Waals surface area contributed by atoms with Gasteiger partial charge >= 0.3 is 0 Å². The summed E-state index contributed by atoms with van der Waals surface area (Å²) < 4.78 is 13.2. The van der Waals surface area contributed by atoms with Gasteiger partial charge in [-0.1, -0.05) is 0 Å². The molecule has 3 heterocycles. The highest BCUT2D eigenvalue weighted by Gasteiger charge is 2.23. The number of anilines is 3. The molecule has 8 nitrogen and oxygen atoms in total. The Morgan fingerprint density at radius 3 is 2.93 bits per heavy atom. The average molecular weight is 368 g/mol. The Hall–Kier alpha value is -3.29. The highest BCUT2D eigenvalue weighted by Crippen LogP contribution is 2.32. The minimum atomic E-state index is 0. The molecule has 0 bridgehead atoms. The molecule has 0 radical (unpaired) electrons. The number of nitrogens with zero attached hydrogens (tertiary/aromatic N) is 5. The molecule has 0 aliphatic carbocycles. The van der Waals surface area contributed by atoms with E-state index in [9.17, 15) is 0 Å². The van der Waals surface area contributed by atoms with Crippen LogP contribution in [-0.4, -0.2) is 46.3 Å². The summed E-state index contributed by atoms with van der Waals surface area (Å²) in [5.74, 6) is 2.71. The maximum absolute atomic E-state index is 5.69. The molecule has 1 N–H and O–H groups in total. The van der Waals surface area contributed by atoms with Crippen molar-refractivity contribution in [1.29, 1.82) is 0 Å². The summed E-state index contributed by atoms with van der Waals surface area (Å²) >= 11 is 0. The number of nitrogens with one attached hydrogen (secondary N) is 1. The number of aromatic nitrogens is 4. The van der Waals surface area contributed by atoms with Gasteiger partial charge < -0.3 is 24.3 Å². The lowest BCUT2D eigenvalue weighted by atomic mass is 10.2. The summed E-state index contributed by atoms with van der Waals surface area (Å²) in [7, 11) is 3.66. The average Bonchev–Trinajstić information content (AvgIpc) is 3.11. The summed E-state index contributed by atoms with van der Waals surface area (Å²) in [6.45, 7) is 4.68. The Kier molecular flexibility index (Phi) is 4.31. The maximum Gasteiger partial charge on any atom is 0.229 e. The van der Waals surface area contributed by atoms with Gasteiger partial charge in [-0.15, -0.1) is 0 Å². The number of benzene rings is 1. The predicted octanol–water partition coefficient (Wildman–Crippen LogP) is 3.19. The van der Waals surface area contributed by atoms with E-state index >= 15 is 0 Å². The second-order valence-electron chi connectivity index (χ2n) is 6.59. The van der Waals surface area contributed by atoms with Gasteiger partial charge in [0.2, 0.25) is 5.95 Å². The molecule has 4 rings (SSSR count). The number of ether oxygens (including phenoxy) is 2. The molecule has 0 amide bonds. The number of imidazole rings is 1. The zero-order valence-electron chi connectivity index (χ0n) is 15.8. The first kappa shape index (κ1) is 17.1. The van der Waals surface area contributed by atoms with E-state index in [1.54, 1.807) is 19.6 Å². The van der Waals surface area contributed by atoms with E-state index < -0.39 is 0 Å². The molecule has 1 atom stereocenters. The normalized spacial score (nSPS) is 15.9. The molecule has 1 aliphatic rings. The van der Waals surface area contributed by atoms with Crippen LogP contribution < -0.4 is 19.7 Å². The summed E-state index contributed by atoms with van der Waals surface area (Å²) in [6, 6.07) is 6.10. The zero-order valence-corrected chi connectivity index (χ0v) is 15.8. The van der Waals surface area contributed by atoms with Crippen LogP contribution in [0.4, 0.5) is 17.5 Å². The largest absolute Gasteiger partial charge is 0.494 e. The number of methoxy groups -OCH3 is 1. The second-order valence-corrected chi connectivity index (χ2v) is 6.59. The van der Waals surface area contributed by atoms with E-state index in [1.165, 1.54) is 0 Å². The van der Waals surface area contributed by atoms with Gasteiger partial charge in [0.05, 0.1) is 37.1 Å². The van der Waals surface area contributed by atoms with E-state index in [-0.39, 0.29) is 7.47 Å². The van der Waals surface area contributed by atoms with Crippen LogP contribution in [0.1, 0.15) is 14.0 Å². The lowest BCUT2D eigenvalue weighted by Gasteiger charge is -2.32. The van der Waals surface area contributed by atoms with Crippen molar-refractivity contribution in [2.45, 2.75) is 19.9 Å². The van der Waals surface area contributed by atoms with Crippen molar-refractivity contribution in [3.05, 3.63) is 42.6 Å². The van der Waals surface area contributed by atoms with Crippen LogP contribution in [0.15, 0.2) is 36.9 Å². The van der Waals surface area contributed by atoms with Crippen LogP contribution in [0.25, 0.3) is 5.69 Å². The minimum Gasteiger partial charge on any atom is -0.494 e. The van der Waals surface area contributed by atoms with Crippen molar-refractivity contribution in [3.63, 3.8) is 0 Å². The van der Waals surface area contributed by atoms with Gasteiger partial charge in [0.15, 0.2) is 11.6 Å². The van der Waals surface area contributed by atoms with Crippen LogP contribution >= 0.6 is 0 Å². The van der Waals surface area contributed by atoms with E-state index in [0.29, 0.717) is 18.3 Å². The van der Waals surface area contributed by atoms with Crippen LogP contribution in [-0.2, 0) is 0 Å². The molecule has 1 aromatic carbocycles. The van der Waals surface area contributed by atoms with Crippen molar-refractivity contribution in [2.24, 2.45) is 0 Å². The molecular weight excluding hydrogens is 344 g/mol. The number of aryl methyl sites for hydroxylation is 1. The van der Waals surface area contributed by atoms with Gasteiger partial charge in [0.1, 0.15) is 12.4 Å². The predicted molar refractivity (Wildman–Crippen MR) is 106 cm³/mol. The van der Waals surface area contributed by atoms with Gasteiger partial charge in [-0.25, -0.2) is 9.97 Å². The number of fused-ring (bicyclic) bond motifs is 1. The van der Waals surface area contributed by atoms with Crippen molar-refractivity contribution in [3.8, 4) is 17.2 Å². The molecule has 2 aromatic heterocycles. The molecule has 1 unspecified atom stereocenters. The molecule has 8 heteroatoms. The zero-order chi connectivity index (χ0) is 19.0. The lowest BCUT2D eigenvalue weighted by molar-refractivity contribution is 0.271. The molecule has 1 aliphatic heterocycles. The molecule has 142 valence electrons. The second kappa shape index (κ2) is 6.79. The first-order valence-corrected chi connectivity index (χ1v) is 8.74. The molecule has 3 aromatic rings. The quantitative estimate of drug-likeness (QED) is 0.758. The third kappa shape index (κ3) is 3.25. The Morgan fingerprint density at radius 2 is 2.19 bits per heavy atom. The molecule has 0 saturated carbocycles. The van der Waals surface area contributed by atoms with Crippen LogP contribution in [0.3, 0.4) is 0 Å². The third-order valence-electron chi connectivity index (χ3n) is 4.64. The highest BCUT2D eigenvalue weighted by molar-refractivity contribution is 5.64. The Morgan fingerprint density at radius 1 is 1.33 bits per heavy atom. The SMILES string of the molecule is COc1cc(Nc2ncc3c(n2)N(C)C(C)CO3)ccc1-n1cnc(C)c1.[HH]. The first-order valence-electron chi connectivity index (χ1n) is 8.74. The van der Waals surface area contributed by atoms with Gasteiger partial charge in [0, 0.05) is 26.4 Å². The highest BCUT2D eigenvalue weighted by atomic mass is 16.5. The third-order valence-corrected chi connectivity index (χ3v) is 4.64. The maximum atomic E-state index is 5.69. The van der Waals surface area contributed by atoms with Gasteiger partial charge in [0.25, 0.3) is 0 Å². The van der Waals surface area contributed by atoms with E-state index in [2.05, 4.69) is 32.1 Å². The molecular formula is C19H24N6O2. The Bertz CT molecular complexity index is 977. The fraction of sp³-hybridized carbons (Fsp3) is 0.316. The summed E-state index contributed by atoms with van der Waals surface area (Å²) in [5.41, 5.74) is 2.69. The fourth-order valence-electron chi connectivity index (χ4n) is 2.96. The number of hydrogen-bond acceptors (Lipinski definition) is 7.